The zero-order valence-electron chi connectivity index (χ0n) is 11.0. The molecule has 2 aliphatic rings. The molecular formula is C15H22N2O. The van der Waals surface area contributed by atoms with E-state index in [1.165, 1.54) is 36.4 Å². The predicted octanol–water partition coefficient (Wildman–Crippen LogP) is 1.46. The third kappa shape index (κ3) is 2.68. The average molecular weight is 246 g/mol. The van der Waals surface area contributed by atoms with Crippen LogP contribution in [0.3, 0.4) is 0 Å². The van der Waals surface area contributed by atoms with Crippen LogP contribution in [0.2, 0.25) is 0 Å². The largest absolute Gasteiger partial charge is 0.493 e. The number of rotatable bonds is 3. The maximum Gasteiger partial charge on any atom is 0.125 e. The minimum absolute atomic E-state index is 0.887. The number of nitrogens with zero attached hydrogens (tertiary/aromatic N) is 1. The highest BCUT2D eigenvalue weighted by Gasteiger charge is 2.15. The van der Waals surface area contributed by atoms with Crippen molar-refractivity contribution in [2.45, 2.75) is 19.3 Å². The van der Waals surface area contributed by atoms with Crippen molar-refractivity contribution in [1.82, 2.24) is 10.2 Å². The van der Waals surface area contributed by atoms with Crippen molar-refractivity contribution in [2.24, 2.45) is 0 Å². The summed E-state index contributed by atoms with van der Waals surface area (Å²) in [4.78, 5) is 2.54. The van der Waals surface area contributed by atoms with E-state index in [0.717, 1.165) is 39.1 Å². The van der Waals surface area contributed by atoms with E-state index in [2.05, 4.69) is 28.4 Å². The fourth-order valence-electron chi connectivity index (χ4n) is 2.87. The van der Waals surface area contributed by atoms with E-state index in [1.54, 1.807) is 0 Å². The van der Waals surface area contributed by atoms with Crippen LogP contribution in [0.15, 0.2) is 18.2 Å². The third-order valence-electron chi connectivity index (χ3n) is 3.92. The van der Waals surface area contributed by atoms with E-state index in [4.69, 9.17) is 4.74 Å². The highest BCUT2D eigenvalue weighted by molar-refractivity contribution is 5.42. The number of benzene rings is 1. The van der Waals surface area contributed by atoms with E-state index >= 15 is 0 Å². The maximum atomic E-state index is 5.86. The van der Waals surface area contributed by atoms with Gasteiger partial charge in [-0.1, -0.05) is 18.2 Å². The van der Waals surface area contributed by atoms with Crippen LogP contribution in [0.5, 0.6) is 5.75 Å². The Morgan fingerprint density at radius 3 is 3.00 bits per heavy atom. The molecule has 1 aromatic rings. The smallest absolute Gasteiger partial charge is 0.125 e. The first-order valence-corrected chi connectivity index (χ1v) is 7.10. The first-order valence-electron chi connectivity index (χ1n) is 7.10. The quantitative estimate of drug-likeness (QED) is 0.874. The Labute approximate surface area is 109 Å². The number of hydrogen-bond acceptors (Lipinski definition) is 3. The van der Waals surface area contributed by atoms with Gasteiger partial charge in [0.1, 0.15) is 5.75 Å². The molecule has 0 radical (unpaired) electrons. The molecule has 2 heterocycles. The van der Waals surface area contributed by atoms with E-state index in [-0.39, 0.29) is 0 Å². The number of hydrogen-bond donors (Lipinski definition) is 1. The topological polar surface area (TPSA) is 24.5 Å². The van der Waals surface area contributed by atoms with Crippen LogP contribution in [-0.2, 0) is 12.8 Å². The van der Waals surface area contributed by atoms with Gasteiger partial charge in [0, 0.05) is 32.7 Å². The van der Waals surface area contributed by atoms with Gasteiger partial charge < -0.3 is 15.0 Å². The number of piperazine rings is 1. The normalized spacial score (nSPS) is 20.2. The standard InChI is InChI=1S/C15H22N2O/c1-3-13-5-2-12-18-15(13)14(4-1)6-9-17-10-7-16-8-11-17/h1,3-4,16H,2,5-12H2. The van der Waals surface area contributed by atoms with Crippen LogP contribution < -0.4 is 10.1 Å². The lowest BCUT2D eigenvalue weighted by Crippen LogP contribution is -2.44. The molecule has 1 N–H and O–H groups in total. The van der Waals surface area contributed by atoms with E-state index in [9.17, 15) is 0 Å². The molecular weight excluding hydrogens is 224 g/mol. The molecule has 0 spiro atoms. The molecule has 2 aliphatic heterocycles. The molecule has 1 fully saturated rings. The highest BCUT2D eigenvalue weighted by Crippen LogP contribution is 2.29. The SMILES string of the molecule is c1cc2c(c(CCN3CCNCC3)c1)OCCC2. The molecule has 0 amide bonds. The summed E-state index contributed by atoms with van der Waals surface area (Å²) in [5, 5.41) is 3.40. The fraction of sp³-hybridized carbons (Fsp3) is 0.600. The van der Waals surface area contributed by atoms with Gasteiger partial charge in [-0.3, -0.25) is 0 Å². The molecule has 0 saturated carbocycles. The number of para-hydroxylation sites is 1. The Balaban J connectivity index is 1.65. The second-order valence-electron chi connectivity index (χ2n) is 5.20. The fourth-order valence-corrected chi connectivity index (χ4v) is 2.87. The molecule has 0 aliphatic carbocycles. The van der Waals surface area contributed by atoms with E-state index in [1.807, 2.05) is 0 Å². The molecule has 0 atom stereocenters. The maximum absolute atomic E-state index is 5.86. The molecule has 0 unspecified atom stereocenters. The third-order valence-corrected chi connectivity index (χ3v) is 3.92. The number of aryl methyl sites for hydroxylation is 1. The number of fused-ring (bicyclic) bond motifs is 1. The lowest BCUT2D eigenvalue weighted by molar-refractivity contribution is 0.240. The molecule has 18 heavy (non-hydrogen) atoms. The Bertz CT molecular complexity index is 399. The van der Waals surface area contributed by atoms with Crippen LogP contribution in [0, 0.1) is 0 Å². The lowest BCUT2D eigenvalue weighted by atomic mass is 10.0. The van der Waals surface area contributed by atoms with Crippen molar-refractivity contribution in [3.05, 3.63) is 29.3 Å². The summed E-state index contributed by atoms with van der Waals surface area (Å²) in [5.74, 6) is 1.18. The molecule has 98 valence electrons. The minimum Gasteiger partial charge on any atom is -0.493 e. The number of ether oxygens (including phenoxy) is 1. The lowest BCUT2D eigenvalue weighted by Gasteiger charge is -2.28. The summed E-state index contributed by atoms with van der Waals surface area (Å²) in [6.07, 6.45) is 3.45. The predicted molar refractivity (Wildman–Crippen MR) is 73.3 cm³/mol. The van der Waals surface area contributed by atoms with E-state index in [0.29, 0.717) is 0 Å². The zero-order valence-corrected chi connectivity index (χ0v) is 11.0. The zero-order chi connectivity index (χ0) is 12.2. The summed E-state index contributed by atoms with van der Waals surface area (Å²) < 4.78 is 5.86. The van der Waals surface area contributed by atoms with Crippen LogP contribution in [0.4, 0.5) is 0 Å². The Hall–Kier alpha value is -1.06. The molecule has 1 saturated heterocycles. The molecule has 0 aromatic heterocycles. The van der Waals surface area contributed by atoms with Gasteiger partial charge in [0.05, 0.1) is 6.61 Å². The summed E-state index contributed by atoms with van der Waals surface area (Å²) in [5.41, 5.74) is 2.80. The van der Waals surface area contributed by atoms with Crippen LogP contribution in [0.25, 0.3) is 0 Å². The van der Waals surface area contributed by atoms with Gasteiger partial charge in [-0.2, -0.15) is 0 Å². The molecule has 3 nitrogen and oxygen atoms in total. The average Bonchev–Trinajstić information content (AvgIpc) is 2.46. The van der Waals surface area contributed by atoms with Gasteiger partial charge in [-0.25, -0.2) is 0 Å². The van der Waals surface area contributed by atoms with Crippen molar-refractivity contribution in [3.8, 4) is 5.75 Å². The summed E-state index contributed by atoms with van der Waals surface area (Å²) in [6, 6.07) is 6.62. The van der Waals surface area contributed by atoms with Crippen molar-refractivity contribution < 1.29 is 4.74 Å². The summed E-state index contributed by atoms with van der Waals surface area (Å²) in [7, 11) is 0. The van der Waals surface area contributed by atoms with Crippen LogP contribution in [0.1, 0.15) is 17.5 Å². The summed E-state index contributed by atoms with van der Waals surface area (Å²) >= 11 is 0. The van der Waals surface area contributed by atoms with Crippen LogP contribution in [-0.4, -0.2) is 44.2 Å². The van der Waals surface area contributed by atoms with Crippen molar-refractivity contribution in [1.29, 1.82) is 0 Å². The van der Waals surface area contributed by atoms with Crippen molar-refractivity contribution in [2.75, 3.05) is 39.3 Å². The Morgan fingerprint density at radius 1 is 1.22 bits per heavy atom. The van der Waals surface area contributed by atoms with Gasteiger partial charge in [0.15, 0.2) is 0 Å². The Kier molecular flexibility index (Phi) is 3.81. The van der Waals surface area contributed by atoms with Gasteiger partial charge >= 0.3 is 0 Å². The second-order valence-corrected chi connectivity index (χ2v) is 5.20. The number of nitrogens with one attached hydrogen (secondary N) is 1. The van der Waals surface area contributed by atoms with Gasteiger partial charge in [-0.15, -0.1) is 0 Å². The van der Waals surface area contributed by atoms with Crippen molar-refractivity contribution in [3.63, 3.8) is 0 Å². The molecule has 1 aromatic carbocycles. The first-order chi connectivity index (χ1) is 8.93. The van der Waals surface area contributed by atoms with Crippen molar-refractivity contribution >= 4 is 0 Å². The highest BCUT2D eigenvalue weighted by atomic mass is 16.5. The van der Waals surface area contributed by atoms with Gasteiger partial charge in [0.2, 0.25) is 0 Å². The first kappa shape index (κ1) is 12.0. The van der Waals surface area contributed by atoms with E-state index < -0.39 is 0 Å². The molecule has 3 heteroatoms. The van der Waals surface area contributed by atoms with Gasteiger partial charge in [-0.05, 0) is 30.4 Å². The summed E-state index contributed by atoms with van der Waals surface area (Å²) in [6.45, 7) is 6.65. The monoisotopic (exact) mass is 246 g/mol. The van der Waals surface area contributed by atoms with Gasteiger partial charge in [0.25, 0.3) is 0 Å². The second kappa shape index (κ2) is 5.72. The Morgan fingerprint density at radius 2 is 2.11 bits per heavy atom. The van der Waals surface area contributed by atoms with Crippen LogP contribution >= 0.6 is 0 Å². The molecule has 3 rings (SSSR count). The minimum atomic E-state index is 0.887. The molecule has 0 bridgehead atoms.